The average Bonchev–Trinajstić information content (AvgIpc) is 2.34. The second-order valence-electron chi connectivity index (χ2n) is 7.75. The van der Waals surface area contributed by atoms with Gasteiger partial charge < -0.3 is 20.1 Å². The van der Waals surface area contributed by atoms with Gasteiger partial charge in [-0.2, -0.15) is 0 Å². The van der Waals surface area contributed by atoms with E-state index in [0.717, 1.165) is 12.8 Å². The molecule has 0 radical (unpaired) electrons. The van der Waals surface area contributed by atoms with E-state index in [9.17, 15) is 9.59 Å². The Morgan fingerprint density at radius 1 is 1.04 bits per heavy atom. The monoisotopic (exact) mass is 330 g/mol. The molecular formula is C17H34N2O4. The predicted molar refractivity (Wildman–Crippen MR) is 91.1 cm³/mol. The molecule has 0 rings (SSSR count). The lowest BCUT2D eigenvalue weighted by molar-refractivity contribution is -0.160. The van der Waals surface area contributed by atoms with E-state index in [-0.39, 0.29) is 19.1 Å². The third kappa shape index (κ3) is 10.2. The Kier molecular flexibility index (Phi) is 8.59. The van der Waals surface area contributed by atoms with Crippen LogP contribution in [0.2, 0.25) is 0 Å². The first-order valence-electron chi connectivity index (χ1n) is 8.30. The quantitative estimate of drug-likeness (QED) is 0.726. The molecule has 23 heavy (non-hydrogen) atoms. The number of rotatable bonds is 7. The maximum absolute atomic E-state index is 12.3. The van der Waals surface area contributed by atoms with Gasteiger partial charge in [-0.25, -0.2) is 4.79 Å². The summed E-state index contributed by atoms with van der Waals surface area (Å²) >= 11 is 0. The van der Waals surface area contributed by atoms with Gasteiger partial charge in [0.05, 0.1) is 5.92 Å². The van der Waals surface area contributed by atoms with E-state index in [0.29, 0.717) is 6.54 Å². The fourth-order valence-corrected chi connectivity index (χ4v) is 1.83. The average molecular weight is 330 g/mol. The standard InChI is InChI=1S/C17H34N2O4/c1-8-9-10-19(15(21)23-17(5,6)7)12-13(11-18)14(20)22-16(2,3)4/h13H,8-12,18H2,1-7H3. The minimum absolute atomic E-state index is 0.125. The van der Waals surface area contributed by atoms with E-state index in [1.54, 1.807) is 25.7 Å². The van der Waals surface area contributed by atoms with Gasteiger partial charge >= 0.3 is 12.1 Å². The van der Waals surface area contributed by atoms with Gasteiger partial charge in [0.25, 0.3) is 0 Å². The number of nitrogens with two attached hydrogens (primary N) is 1. The lowest BCUT2D eigenvalue weighted by Gasteiger charge is -2.30. The van der Waals surface area contributed by atoms with Gasteiger partial charge in [-0.3, -0.25) is 4.79 Å². The summed E-state index contributed by atoms with van der Waals surface area (Å²) < 4.78 is 10.8. The van der Waals surface area contributed by atoms with Crippen molar-refractivity contribution in [3.63, 3.8) is 0 Å². The van der Waals surface area contributed by atoms with Gasteiger partial charge in [0.1, 0.15) is 11.2 Å². The normalized spacial score (nSPS) is 13.4. The van der Waals surface area contributed by atoms with Crippen LogP contribution in [0.3, 0.4) is 0 Å². The Balaban J connectivity index is 4.96. The molecule has 0 aliphatic heterocycles. The third-order valence-corrected chi connectivity index (χ3v) is 2.90. The van der Waals surface area contributed by atoms with Crippen LogP contribution in [0.5, 0.6) is 0 Å². The van der Waals surface area contributed by atoms with Crippen LogP contribution in [0, 0.1) is 5.92 Å². The highest BCUT2D eigenvalue weighted by Crippen LogP contribution is 2.15. The highest BCUT2D eigenvalue weighted by molar-refractivity contribution is 5.75. The molecule has 1 atom stereocenters. The summed E-state index contributed by atoms with van der Waals surface area (Å²) in [4.78, 5) is 26.1. The summed E-state index contributed by atoms with van der Waals surface area (Å²) in [7, 11) is 0. The van der Waals surface area contributed by atoms with Crippen molar-refractivity contribution in [1.82, 2.24) is 4.90 Å². The van der Waals surface area contributed by atoms with Gasteiger partial charge in [0, 0.05) is 19.6 Å². The summed E-state index contributed by atoms with van der Waals surface area (Å²) in [6, 6.07) is 0. The third-order valence-electron chi connectivity index (χ3n) is 2.90. The molecular weight excluding hydrogens is 296 g/mol. The van der Waals surface area contributed by atoms with E-state index < -0.39 is 23.2 Å². The number of esters is 1. The number of carbonyl (C=O) groups is 2. The lowest BCUT2D eigenvalue weighted by atomic mass is 10.1. The van der Waals surface area contributed by atoms with Crippen molar-refractivity contribution < 1.29 is 19.1 Å². The van der Waals surface area contributed by atoms with Crippen molar-refractivity contribution in [3.05, 3.63) is 0 Å². The maximum atomic E-state index is 12.3. The van der Waals surface area contributed by atoms with Crippen molar-refractivity contribution in [1.29, 1.82) is 0 Å². The molecule has 0 bridgehead atoms. The second kappa shape index (κ2) is 9.11. The zero-order valence-electron chi connectivity index (χ0n) is 15.8. The Labute approximate surface area is 140 Å². The number of carbonyl (C=O) groups excluding carboxylic acids is 2. The smallest absolute Gasteiger partial charge is 0.410 e. The van der Waals surface area contributed by atoms with Crippen molar-refractivity contribution in [2.24, 2.45) is 11.7 Å². The molecule has 0 aromatic carbocycles. The molecule has 0 saturated carbocycles. The van der Waals surface area contributed by atoms with Crippen molar-refractivity contribution in [3.8, 4) is 0 Å². The van der Waals surface area contributed by atoms with Crippen LogP contribution in [0.1, 0.15) is 61.3 Å². The Morgan fingerprint density at radius 3 is 1.96 bits per heavy atom. The van der Waals surface area contributed by atoms with Gasteiger partial charge in [-0.05, 0) is 48.0 Å². The van der Waals surface area contributed by atoms with Crippen molar-refractivity contribution in [2.75, 3.05) is 19.6 Å². The molecule has 6 nitrogen and oxygen atoms in total. The number of hydrogen-bond donors (Lipinski definition) is 1. The Bertz CT molecular complexity index is 383. The van der Waals surface area contributed by atoms with Crippen LogP contribution in [-0.4, -0.2) is 47.8 Å². The van der Waals surface area contributed by atoms with E-state index in [1.807, 2.05) is 27.7 Å². The summed E-state index contributed by atoms with van der Waals surface area (Å²) in [5.74, 6) is -0.941. The number of ether oxygens (including phenoxy) is 2. The van der Waals surface area contributed by atoms with Crippen LogP contribution in [0.4, 0.5) is 4.79 Å². The van der Waals surface area contributed by atoms with Crippen molar-refractivity contribution >= 4 is 12.1 Å². The van der Waals surface area contributed by atoms with E-state index in [2.05, 4.69) is 0 Å². The van der Waals surface area contributed by atoms with Crippen LogP contribution in [0.15, 0.2) is 0 Å². The molecule has 0 aromatic rings. The summed E-state index contributed by atoms with van der Waals surface area (Å²) in [6.07, 6.45) is 1.36. The number of unbranched alkanes of at least 4 members (excludes halogenated alkanes) is 1. The molecule has 136 valence electrons. The number of hydrogen-bond acceptors (Lipinski definition) is 5. The number of nitrogens with zero attached hydrogens (tertiary/aromatic N) is 1. The van der Waals surface area contributed by atoms with Crippen LogP contribution >= 0.6 is 0 Å². The van der Waals surface area contributed by atoms with Crippen molar-refractivity contribution in [2.45, 2.75) is 72.5 Å². The topological polar surface area (TPSA) is 81.9 Å². The fourth-order valence-electron chi connectivity index (χ4n) is 1.83. The second-order valence-corrected chi connectivity index (χ2v) is 7.75. The molecule has 0 spiro atoms. The molecule has 6 heteroatoms. The summed E-state index contributed by atoms with van der Waals surface area (Å²) in [5.41, 5.74) is 4.56. The summed E-state index contributed by atoms with van der Waals surface area (Å²) in [6.45, 7) is 13.8. The molecule has 0 saturated heterocycles. The molecule has 0 aliphatic carbocycles. The van der Waals surface area contributed by atoms with Gasteiger partial charge in [-0.15, -0.1) is 0 Å². The Morgan fingerprint density at radius 2 is 1.57 bits per heavy atom. The summed E-state index contributed by atoms with van der Waals surface area (Å²) in [5, 5.41) is 0. The minimum Gasteiger partial charge on any atom is -0.460 e. The SMILES string of the molecule is CCCCN(CC(CN)C(=O)OC(C)(C)C)C(=O)OC(C)(C)C. The fraction of sp³-hybridized carbons (Fsp3) is 0.882. The lowest BCUT2D eigenvalue weighted by Crippen LogP contribution is -2.45. The van der Waals surface area contributed by atoms with Crippen LogP contribution < -0.4 is 5.73 Å². The largest absolute Gasteiger partial charge is 0.460 e. The van der Waals surface area contributed by atoms with E-state index >= 15 is 0 Å². The first-order chi connectivity index (χ1) is 10.4. The predicted octanol–water partition coefficient (Wildman–Crippen LogP) is 2.94. The Hall–Kier alpha value is -1.30. The van der Waals surface area contributed by atoms with Gasteiger partial charge in [0.2, 0.25) is 0 Å². The molecule has 0 aromatic heterocycles. The molecule has 1 unspecified atom stereocenters. The van der Waals surface area contributed by atoms with Gasteiger partial charge in [-0.1, -0.05) is 13.3 Å². The minimum atomic E-state index is -0.579. The number of amides is 1. The molecule has 1 amide bonds. The van der Waals surface area contributed by atoms with E-state index in [4.69, 9.17) is 15.2 Å². The zero-order valence-corrected chi connectivity index (χ0v) is 15.8. The highest BCUT2D eigenvalue weighted by Gasteiger charge is 2.29. The van der Waals surface area contributed by atoms with Crippen LogP contribution in [-0.2, 0) is 14.3 Å². The van der Waals surface area contributed by atoms with E-state index in [1.165, 1.54) is 0 Å². The molecule has 0 heterocycles. The highest BCUT2D eigenvalue weighted by atomic mass is 16.6. The molecule has 0 aliphatic rings. The van der Waals surface area contributed by atoms with Crippen LogP contribution in [0.25, 0.3) is 0 Å². The maximum Gasteiger partial charge on any atom is 0.410 e. The zero-order chi connectivity index (χ0) is 18.3. The molecule has 0 fully saturated rings. The van der Waals surface area contributed by atoms with Gasteiger partial charge in [0.15, 0.2) is 0 Å². The first-order valence-corrected chi connectivity index (χ1v) is 8.30. The first kappa shape index (κ1) is 21.7. The molecule has 2 N–H and O–H groups in total.